The maximum absolute atomic E-state index is 11.1. The molecule has 8 heterocycles. The number of aliphatic hydroxyl groups excluding tert-OH is 14. The van der Waals surface area contributed by atoms with Crippen molar-refractivity contribution >= 4 is 0 Å². The molecular weight excluding hydrogens is 1350 g/mol. The molecule has 8 saturated heterocycles. The summed E-state index contributed by atoms with van der Waals surface area (Å²) in [6.07, 6.45) is -7.76. The molecule has 14 N–H and O–H groups in total. The summed E-state index contributed by atoms with van der Waals surface area (Å²) in [5.41, 5.74) is 0.851. The van der Waals surface area contributed by atoms with Crippen LogP contribution in [0.1, 0.15) is 184 Å². The molecule has 0 bridgehead atoms. The van der Waals surface area contributed by atoms with E-state index < -0.39 is 161 Å². The van der Waals surface area contributed by atoms with Crippen molar-refractivity contribution in [2.24, 2.45) is 105 Å². The summed E-state index contributed by atoms with van der Waals surface area (Å²) in [7, 11) is 0. The Morgan fingerprint density at radius 3 is 1.03 bits per heavy atom. The highest BCUT2D eigenvalue weighted by atomic mass is 16.8. The zero-order valence-electron chi connectivity index (χ0n) is 62.5. The van der Waals surface area contributed by atoms with Gasteiger partial charge in [-0.05, 0) is 208 Å². The molecule has 16 aliphatic rings. The largest absolute Gasteiger partial charge is 0.394 e. The maximum atomic E-state index is 11.1. The first-order valence-electron chi connectivity index (χ1n) is 40.6. The summed E-state index contributed by atoms with van der Waals surface area (Å²) in [5.74, 6) is 7.01. The quantitative estimate of drug-likeness (QED) is 0.125. The molecule has 596 valence electrons. The average molecular weight is 1480 g/mol. The first-order chi connectivity index (χ1) is 49.5. The predicted octanol–water partition coefficient (Wildman–Crippen LogP) is 2.88. The second kappa shape index (κ2) is 29.7. The average Bonchev–Trinajstić information content (AvgIpc) is 1.49. The van der Waals surface area contributed by atoms with E-state index in [4.69, 9.17) is 56.8 Å². The molecule has 2 spiro atoms. The highest BCUT2D eigenvalue weighted by Gasteiger charge is 2.72. The predicted molar refractivity (Wildman–Crippen MR) is 366 cm³/mol. The molecule has 0 aromatic heterocycles. The normalized spacial score (nSPS) is 59.0. The monoisotopic (exact) mass is 1480 g/mol. The van der Waals surface area contributed by atoms with Crippen LogP contribution >= 0.6 is 0 Å². The van der Waals surface area contributed by atoms with Crippen molar-refractivity contribution in [2.45, 2.75) is 343 Å². The Kier molecular flexibility index (Phi) is 22.4. The summed E-state index contributed by atoms with van der Waals surface area (Å²) >= 11 is 0. The van der Waals surface area contributed by atoms with Crippen LogP contribution in [0.2, 0.25) is 0 Å². The lowest BCUT2D eigenvalue weighted by Crippen LogP contribution is -2.65. The SMILES string of the molecule is C[C@H]1CC[C@@]2(OC1)O[C@@H]1C[C@@H]3[C@H]4CC[C@H]5C[C@H](O[C@@H]6O[C@H](CO)[C@H](O)[C@H](O)[C@@H]6O[C@@H]6O[C@H](CO)[C@@H](O)[C@H](O)[C@H]6O)CC[C@]5(C)[C@@H]4CC[C@]3(C)[C@@H]1[C@H]2C.C[C@H]1CC[C@@]2(OC1)O[C@H]1C[C@H]3[C@@H]4CC[C@@H]5C[C@@H](O[C@@H]6O[C@H](CO)[C@H](O)[C@H](O)[C@H]6O[C@@H]6O[C@H](CO)[C@@H](O)[C@H](O)[C@H]6O)CC[C@]5(C)[C@H]4CC[C@]3(C)[C@H]1[C@@H]2C. The molecule has 16 fully saturated rings. The van der Waals surface area contributed by atoms with Crippen LogP contribution in [0.5, 0.6) is 0 Å². The van der Waals surface area contributed by atoms with Gasteiger partial charge in [-0.15, -0.1) is 0 Å². The first-order valence-corrected chi connectivity index (χ1v) is 40.6. The second-order valence-corrected chi connectivity index (χ2v) is 37.4. The number of fused-ring (bicyclic) bond motifs is 14. The first kappa shape index (κ1) is 78.2. The smallest absolute Gasteiger partial charge is 0.187 e. The van der Waals surface area contributed by atoms with Crippen molar-refractivity contribution in [3.63, 3.8) is 0 Å². The van der Waals surface area contributed by atoms with Crippen LogP contribution in [0, 0.1) is 105 Å². The molecule has 0 aromatic carbocycles. The molecule has 0 radical (unpaired) electrons. The fourth-order valence-electron chi connectivity index (χ4n) is 26.4. The van der Waals surface area contributed by atoms with Crippen LogP contribution < -0.4 is 0 Å². The summed E-state index contributed by atoms with van der Waals surface area (Å²) in [6, 6.07) is 0. The molecule has 44 atom stereocenters. The van der Waals surface area contributed by atoms with E-state index in [2.05, 4.69) is 55.4 Å². The molecule has 0 amide bonds. The highest BCUT2D eigenvalue weighted by Crippen LogP contribution is 2.74. The van der Waals surface area contributed by atoms with Gasteiger partial charge in [0.2, 0.25) is 0 Å². The molecule has 0 unspecified atom stereocenters. The van der Waals surface area contributed by atoms with Crippen LogP contribution in [0.3, 0.4) is 0 Å². The van der Waals surface area contributed by atoms with Crippen molar-refractivity contribution in [3.05, 3.63) is 0 Å². The zero-order valence-corrected chi connectivity index (χ0v) is 62.5. The van der Waals surface area contributed by atoms with Gasteiger partial charge in [0.25, 0.3) is 0 Å². The van der Waals surface area contributed by atoms with Crippen molar-refractivity contribution in [2.75, 3.05) is 39.6 Å². The Balaban J connectivity index is 0.000000167. The van der Waals surface area contributed by atoms with E-state index in [-0.39, 0.29) is 46.1 Å². The standard InChI is InChI=1S/2C39H64O13/c2*1-18-7-12-39(47-17-18)19(2)28-25(52-39)14-24-22-6-5-20-13-21(8-10-37(20,3)23(22)9-11-38(24,28)4)48-36-34(32(45)30(43)27(16-41)50-36)51-35-33(46)31(44)29(42)26(15-40)49-35/h2*18-36,40-46H,5-17H2,1-4H3/t18-,19+,20-,21+,22-,23+,24+,25+,26+,27+,28+,29+,30-,31-,32-,33+,34-,35-,36+,37-,38-,39+;18-,19-,20+,21-,22+,23-,24-,25-,26+,27+,28-,29+,30-,31-,32-,33+,34+,35-,36+,37-,38-,39+/m00/s1. The van der Waals surface area contributed by atoms with E-state index in [0.717, 1.165) is 90.3 Å². The number of hydrogen-bond acceptors (Lipinski definition) is 26. The minimum Gasteiger partial charge on any atom is -0.394 e. The van der Waals surface area contributed by atoms with Crippen molar-refractivity contribution < 1.29 is 128 Å². The highest BCUT2D eigenvalue weighted by molar-refractivity contribution is 5.18. The summed E-state index contributed by atoms with van der Waals surface area (Å²) < 4.78 is 75.0. The molecular formula is C78H128O26. The Bertz CT molecular complexity index is 2710. The van der Waals surface area contributed by atoms with E-state index in [9.17, 15) is 71.5 Å². The van der Waals surface area contributed by atoms with Gasteiger partial charge in [-0.25, -0.2) is 0 Å². The molecule has 8 saturated carbocycles. The molecule has 8 aliphatic carbocycles. The Morgan fingerprint density at radius 1 is 0.337 bits per heavy atom. The minimum atomic E-state index is -1.71. The van der Waals surface area contributed by atoms with Gasteiger partial charge in [0.15, 0.2) is 36.7 Å². The lowest BCUT2D eigenvalue weighted by atomic mass is 9.44. The van der Waals surface area contributed by atoms with E-state index in [1.54, 1.807) is 0 Å². The molecule has 0 aromatic rings. The maximum Gasteiger partial charge on any atom is 0.187 e. The van der Waals surface area contributed by atoms with Gasteiger partial charge in [-0.2, -0.15) is 0 Å². The Morgan fingerprint density at radius 2 is 0.683 bits per heavy atom. The van der Waals surface area contributed by atoms with Crippen LogP contribution in [0.4, 0.5) is 0 Å². The van der Waals surface area contributed by atoms with Crippen LogP contribution in [-0.2, 0) is 56.8 Å². The summed E-state index contributed by atoms with van der Waals surface area (Å²) in [4.78, 5) is 0. The van der Waals surface area contributed by atoms with E-state index in [1.807, 2.05) is 0 Å². The minimum absolute atomic E-state index is 0.168. The summed E-state index contributed by atoms with van der Waals surface area (Å²) in [5, 5.41) is 145. The van der Waals surface area contributed by atoms with E-state index in [0.29, 0.717) is 82.9 Å². The molecule has 8 aliphatic heterocycles. The van der Waals surface area contributed by atoms with E-state index in [1.165, 1.54) is 51.4 Å². The van der Waals surface area contributed by atoms with Crippen molar-refractivity contribution in [1.29, 1.82) is 0 Å². The van der Waals surface area contributed by atoms with Gasteiger partial charge in [0.1, 0.15) is 97.7 Å². The third-order valence-electron chi connectivity index (χ3n) is 32.4. The fraction of sp³-hybridized carbons (Fsp3) is 1.00. The van der Waals surface area contributed by atoms with Crippen molar-refractivity contribution in [1.82, 2.24) is 0 Å². The van der Waals surface area contributed by atoms with Crippen LogP contribution in [0.25, 0.3) is 0 Å². The van der Waals surface area contributed by atoms with Gasteiger partial charge < -0.3 is 128 Å². The Hall–Kier alpha value is -1.04. The third-order valence-corrected chi connectivity index (χ3v) is 32.4. The third kappa shape index (κ3) is 13.0. The van der Waals surface area contributed by atoms with E-state index >= 15 is 0 Å². The topological polar surface area (TPSA) is 394 Å². The van der Waals surface area contributed by atoms with Crippen LogP contribution in [-0.4, -0.2) is 270 Å². The molecule has 26 heteroatoms. The Labute approximate surface area is 612 Å². The van der Waals surface area contributed by atoms with Gasteiger partial charge in [-0.1, -0.05) is 55.4 Å². The zero-order chi connectivity index (χ0) is 73.8. The lowest BCUT2D eigenvalue weighted by molar-refractivity contribution is -0.373. The summed E-state index contributed by atoms with van der Waals surface area (Å²) in [6.45, 7) is 18.7. The number of hydrogen-bond donors (Lipinski definition) is 14. The number of rotatable bonds is 12. The van der Waals surface area contributed by atoms with Gasteiger partial charge in [0, 0.05) is 24.7 Å². The lowest BCUT2D eigenvalue weighted by Gasteiger charge is -2.61. The fourth-order valence-corrected chi connectivity index (χ4v) is 26.4. The molecule has 16 rings (SSSR count). The van der Waals surface area contributed by atoms with Gasteiger partial charge in [0.05, 0.1) is 64.1 Å². The van der Waals surface area contributed by atoms with Gasteiger partial charge in [-0.3, -0.25) is 0 Å². The molecule has 26 nitrogen and oxygen atoms in total. The second-order valence-electron chi connectivity index (χ2n) is 37.4. The number of ether oxygens (including phenoxy) is 12. The number of aliphatic hydroxyl groups is 14. The van der Waals surface area contributed by atoms with Crippen molar-refractivity contribution in [3.8, 4) is 0 Å². The van der Waals surface area contributed by atoms with Crippen LogP contribution in [0.15, 0.2) is 0 Å². The molecule has 104 heavy (non-hydrogen) atoms. The van der Waals surface area contributed by atoms with Gasteiger partial charge >= 0.3 is 0 Å².